The zero-order valence-electron chi connectivity index (χ0n) is 7.36. The highest BCUT2D eigenvalue weighted by Crippen LogP contribution is 2.09. The first kappa shape index (κ1) is 11.9. The molecule has 0 fully saturated rings. The van der Waals surface area contributed by atoms with Crippen LogP contribution in [0.1, 0.15) is 28.9 Å². The van der Waals surface area contributed by atoms with Gasteiger partial charge in [0.2, 0.25) is 5.91 Å². The summed E-state index contributed by atoms with van der Waals surface area (Å²) in [6, 6.07) is 6.98. The Balaban J connectivity index is 0.00000144. The highest BCUT2D eigenvalue weighted by Gasteiger charge is 2.01. The van der Waals surface area contributed by atoms with Gasteiger partial charge in [0.25, 0.3) is 0 Å². The van der Waals surface area contributed by atoms with Gasteiger partial charge in [-0.15, -0.1) is 12.4 Å². The summed E-state index contributed by atoms with van der Waals surface area (Å²) in [5.74, 6) is -0.411. The topological polar surface area (TPSA) is 69.1 Å². The maximum atomic E-state index is 10.7. The largest absolute Gasteiger partial charge is 0.366 e. The zero-order valence-corrected chi connectivity index (χ0v) is 8.17. The molecule has 1 aromatic rings. The summed E-state index contributed by atoms with van der Waals surface area (Å²) in [6.45, 7) is 1.89. The molecule has 0 bridgehead atoms. The third-order valence-corrected chi connectivity index (χ3v) is 1.72. The van der Waals surface area contributed by atoms with Crippen LogP contribution in [0, 0.1) is 0 Å². The Hall–Kier alpha value is -1.06. The van der Waals surface area contributed by atoms with Gasteiger partial charge in [-0.05, 0) is 24.6 Å². The van der Waals surface area contributed by atoms with Crippen molar-refractivity contribution < 1.29 is 4.79 Å². The van der Waals surface area contributed by atoms with Crippen LogP contribution >= 0.6 is 12.4 Å². The molecule has 1 atom stereocenters. The van der Waals surface area contributed by atoms with Crippen LogP contribution in [0.4, 0.5) is 0 Å². The maximum absolute atomic E-state index is 10.7. The summed E-state index contributed by atoms with van der Waals surface area (Å²) < 4.78 is 0. The lowest BCUT2D eigenvalue weighted by Gasteiger charge is -2.04. The molecular formula is C9H13ClN2O. The molecule has 1 aromatic carbocycles. The van der Waals surface area contributed by atoms with Crippen LogP contribution in [0.5, 0.6) is 0 Å². The Labute approximate surface area is 83.5 Å². The molecule has 3 nitrogen and oxygen atoms in total. The second-order valence-corrected chi connectivity index (χ2v) is 2.77. The van der Waals surface area contributed by atoms with Crippen molar-refractivity contribution in [3.8, 4) is 0 Å². The molecule has 4 N–H and O–H groups in total. The fraction of sp³-hybridized carbons (Fsp3) is 0.222. The van der Waals surface area contributed by atoms with E-state index in [1.165, 1.54) is 0 Å². The smallest absolute Gasteiger partial charge is 0.248 e. The standard InChI is InChI=1S/C9H12N2O.ClH/c1-6(10)7-2-4-8(5-3-7)9(11)12;/h2-6H,10H2,1H3,(H2,11,12);1H. The third kappa shape index (κ3) is 3.05. The quantitative estimate of drug-likeness (QED) is 0.754. The number of hydrogen-bond acceptors (Lipinski definition) is 2. The van der Waals surface area contributed by atoms with Gasteiger partial charge in [-0.2, -0.15) is 0 Å². The summed E-state index contributed by atoms with van der Waals surface area (Å²) >= 11 is 0. The van der Waals surface area contributed by atoms with Gasteiger partial charge in [-0.3, -0.25) is 4.79 Å². The van der Waals surface area contributed by atoms with Crippen LogP contribution in [0.25, 0.3) is 0 Å². The molecule has 0 spiro atoms. The monoisotopic (exact) mass is 200 g/mol. The van der Waals surface area contributed by atoms with E-state index in [1.807, 2.05) is 19.1 Å². The summed E-state index contributed by atoms with van der Waals surface area (Å²) in [5.41, 5.74) is 12.2. The van der Waals surface area contributed by atoms with Crippen molar-refractivity contribution in [2.75, 3.05) is 0 Å². The second kappa shape index (κ2) is 4.84. The number of rotatable bonds is 2. The molecule has 0 saturated heterocycles. The lowest BCUT2D eigenvalue weighted by molar-refractivity contribution is 0.100. The number of carbonyl (C=O) groups is 1. The Kier molecular flexibility index (Phi) is 4.45. The minimum absolute atomic E-state index is 0. The Bertz CT molecular complexity index is 282. The van der Waals surface area contributed by atoms with Crippen LogP contribution in [-0.4, -0.2) is 5.91 Å². The first-order chi connectivity index (χ1) is 5.61. The molecule has 0 aliphatic heterocycles. The van der Waals surface area contributed by atoms with Crippen molar-refractivity contribution in [2.45, 2.75) is 13.0 Å². The van der Waals surface area contributed by atoms with Gasteiger partial charge in [-0.25, -0.2) is 0 Å². The van der Waals surface area contributed by atoms with Crippen molar-refractivity contribution >= 4 is 18.3 Å². The predicted octanol–water partition coefficient (Wildman–Crippen LogP) is 1.23. The molecule has 1 amide bonds. The highest BCUT2D eigenvalue weighted by molar-refractivity contribution is 5.92. The molecule has 0 aromatic heterocycles. The van der Waals surface area contributed by atoms with Crippen LogP contribution in [0.15, 0.2) is 24.3 Å². The third-order valence-electron chi connectivity index (χ3n) is 1.72. The van der Waals surface area contributed by atoms with Gasteiger partial charge >= 0.3 is 0 Å². The van der Waals surface area contributed by atoms with E-state index in [9.17, 15) is 4.79 Å². The van der Waals surface area contributed by atoms with E-state index in [0.29, 0.717) is 5.56 Å². The summed E-state index contributed by atoms with van der Waals surface area (Å²) in [4.78, 5) is 10.7. The van der Waals surface area contributed by atoms with Crippen molar-refractivity contribution in [1.82, 2.24) is 0 Å². The molecule has 0 heterocycles. The molecule has 13 heavy (non-hydrogen) atoms. The van der Waals surface area contributed by atoms with Crippen molar-refractivity contribution in [3.05, 3.63) is 35.4 Å². The number of amides is 1. The van der Waals surface area contributed by atoms with E-state index in [1.54, 1.807) is 12.1 Å². The molecule has 4 heteroatoms. The van der Waals surface area contributed by atoms with E-state index in [-0.39, 0.29) is 18.4 Å². The average Bonchev–Trinajstić information content (AvgIpc) is 2.04. The number of nitrogens with two attached hydrogens (primary N) is 2. The number of carbonyl (C=O) groups excluding carboxylic acids is 1. The van der Waals surface area contributed by atoms with Crippen LogP contribution in [0.2, 0.25) is 0 Å². The first-order valence-electron chi connectivity index (χ1n) is 3.76. The van der Waals surface area contributed by atoms with Crippen LogP contribution in [-0.2, 0) is 0 Å². The minimum Gasteiger partial charge on any atom is -0.366 e. The SMILES string of the molecule is CC(N)c1ccc(C(N)=O)cc1.Cl. The normalized spacial score (nSPS) is 11.5. The number of halogens is 1. The highest BCUT2D eigenvalue weighted by atomic mass is 35.5. The molecular weight excluding hydrogens is 188 g/mol. The van der Waals surface area contributed by atoms with Gasteiger partial charge in [0.05, 0.1) is 0 Å². The lowest BCUT2D eigenvalue weighted by atomic mass is 10.1. The molecule has 0 aliphatic rings. The summed E-state index contributed by atoms with van der Waals surface area (Å²) in [6.07, 6.45) is 0. The van der Waals surface area contributed by atoms with Gasteiger partial charge in [0.15, 0.2) is 0 Å². The molecule has 1 unspecified atom stereocenters. The minimum atomic E-state index is -0.411. The van der Waals surface area contributed by atoms with E-state index in [0.717, 1.165) is 5.56 Å². The van der Waals surface area contributed by atoms with Gasteiger partial charge in [0.1, 0.15) is 0 Å². The summed E-state index contributed by atoms with van der Waals surface area (Å²) in [5, 5.41) is 0. The Morgan fingerprint density at radius 2 is 1.77 bits per heavy atom. The number of hydrogen-bond donors (Lipinski definition) is 2. The zero-order chi connectivity index (χ0) is 9.14. The number of benzene rings is 1. The molecule has 0 aliphatic carbocycles. The van der Waals surface area contributed by atoms with E-state index >= 15 is 0 Å². The first-order valence-corrected chi connectivity index (χ1v) is 3.76. The molecule has 0 radical (unpaired) electrons. The Morgan fingerprint density at radius 3 is 2.08 bits per heavy atom. The average molecular weight is 201 g/mol. The molecule has 72 valence electrons. The fourth-order valence-corrected chi connectivity index (χ4v) is 0.951. The Morgan fingerprint density at radius 1 is 1.31 bits per heavy atom. The van der Waals surface area contributed by atoms with E-state index < -0.39 is 5.91 Å². The summed E-state index contributed by atoms with van der Waals surface area (Å²) in [7, 11) is 0. The lowest BCUT2D eigenvalue weighted by Crippen LogP contribution is -2.11. The fourth-order valence-electron chi connectivity index (χ4n) is 0.951. The van der Waals surface area contributed by atoms with Gasteiger partial charge in [0, 0.05) is 11.6 Å². The van der Waals surface area contributed by atoms with Gasteiger partial charge in [-0.1, -0.05) is 12.1 Å². The van der Waals surface area contributed by atoms with Crippen molar-refractivity contribution in [3.63, 3.8) is 0 Å². The van der Waals surface area contributed by atoms with Crippen LogP contribution < -0.4 is 11.5 Å². The molecule has 1 rings (SSSR count). The van der Waals surface area contributed by atoms with Crippen LogP contribution in [0.3, 0.4) is 0 Å². The number of primary amides is 1. The van der Waals surface area contributed by atoms with E-state index in [4.69, 9.17) is 11.5 Å². The second-order valence-electron chi connectivity index (χ2n) is 2.77. The van der Waals surface area contributed by atoms with Crippen molar-refractivity contribution in [1.29, 1.82) is 0 Å². The van der Waals surface area contributed by atoms with Crippen molar-refractivity contribution in [2.24, 2.45) is 11.5 Å². The maximum Gasteiger partial charge on any atom is 0.248 e. The van der Waals surface area contributed by atoms with Gasteiger partial charge < -0.3 is 11.5 Å². The van der Waals surface area contributed by atoms with E-state index in [2.05, 4.69) is 0 Å². The predicted molar refractivity (Wildman–Crippen MR) is 54.8 cm³/mol. The molecule has 0 saturated carbocycles.